The number of fused-ring (bicyclic) bond motifs is 2. The van der Waals surface area contributed by atoms with Crippen LogP contribution in [0.25, 0.3) is 0 Å². The zero-order valence-electron chi connectivity index (χ0n) is 22.4. The summed E-state index contributed by atoms with van der Waals surface area (Å²) in [7, 11) is 3.81. The van der Waals surface area contributed by atoms with Gasteiger partial charge < -0.3 is 10.2 Å². The van der Waals surface area contributed by atoms with Crippen LogP contribution in [-0.2, 0) is 20.9 Å². The first kappa shape index (κ1) is 27.9. The van der Waals surface area contributed by atoms with Crippen LogP contribution in [-0.4, -0.2) is 41.6 Å². The van der Waals surface area contributed by atoms with E-state index in [0.717, 1.165) is 39.2 Å². The summed E-state index contributed by atoms with van der Waals surface area (Å²) in [6, 6.07) is 18.0. The lowest BCUT2D eigenvalue weighted by atomic mass is 9.83. The van der Waals surface area contributed by atoms with E-state index in [2.05, 4.69) is 5.32 Å². The van der Waals surface area contributed by atoms with Gasteiger partial charge in [0.1, 0.15) is 23.4 Å². The van der Waals surface area contributed by atoms with Crippen molar-refractivity contribution in [3.8, 4) is 0 Å². The molecule has 3 atom stereocenters. The Morgan fingerprint density at radius 3 is 2.12 bits per heavy atom. The number of nitrogens with one attached hydrogen (secondary N) is 1. The number of amides is 3. The average Bonchev–Trinajstić information content (AvgIpc) is 3.41. The van der Waals surface area contributed by atoms with Gasteiger partial charge in [-0.15, -0.1) is 0 Å². The number of thioether (sulfide) groups is 1. The van der Waals surface area contributed by atoms with Crippen molar-refractivity contribution in [1.29, 1.82) is 0 Å². The minimum atomic E-state index is -0.867. The first-order valence-corrected chi connectivity index (χ1v) is 14.7. The third kappa shape index (κ3) is 4.90. The van der Waals surface area contributed by atoms with Crippen LogP contribution in [0.4, 0.5) is 25.8 Å². The Balaban J connectivity index is 1.41. The van der Waals surface area contributed by atoms with Crippen molar-refractivity contribution in [3.63, 3.8) is 0 Å². The molecule has 12 heteroatoms. The van der Waals surface area contributed by atoms with Gasteiger partial charge in [0.25, 0.3) is 0 Å². The van der Waals surface area contributed by atoms with Gasteiger partial charge >= 0.3 is 4.87 Å². The number of carbonyl (C=O) groups excluding carboxylic acids is 3. The Hall–Kier alpha value is -4.29. The molecular formula is C30H24F2N4O4S2. The molecule has 1 saturated heterocycles. The van der Waals surface area contributed by atoms with Crippen molar-refractivity contribution in [2.75, 3.05) is 29.2 Å². The van der Waals surface area contributed by atoms with Crippen molar-refractivity contribution >= 4 is 57.9 Å². The minimum absolute atomic E-state index is 0.266. The van der Waals surface area contributed by atoms with E-state index in [-0.39, 0.29) is 12.2 Å². The molecule has 0 radical (unpaired) electrons. The highest BCUT2D eigenvalue weighted by Gasteiger charge is 2.56. The molecule has 2 aliphatic rings. The van der Waals surface area contributed by atoms with Crippen LogP contribution in [0.15, 0.2) is 82.6 Å². The summed E-state index contributed by atoms with van der Waals surface area (Å²) in [6.45, 7) is -0.331. The Morgan fingerprint density at radius 1 is 0.881 bits per heavy atom. The van der Waals surface area contributed by atoms with E-state index in [1.807, 2.05) is 43.3 Å². The monoisotopic (exact) mass is 606 g/mol. The molecule has 0 bridgehead atoms. The van der Waals surface area contributed by atoms with Crippen molar-refractivity contribution < 1.29 is 23.2 Å². The van der Waals surface area contributed by atoms with Gasteiger partial charge in [-0.3, -0.25) is 23.7 Å². The van der Waals surface area contributed by atoms with E-state index in [9.17, 15) is 28.0 Å². The summed E-state index contributed by atoms with van der Waals surface area (Å²) >= 11 is 2.04. The number of nitrogens with zero attached hydrogens (tertiary/aromatic N) is 3. The molecule has 2 aliphatic heterocycles. The molecule has 0 spiro atoms. The standard InChI is InChI=1S/C30H24F2N4O4S2/c1-34(2)20-11-3-16(4-12-20)23-24-25(28(39)36(27(24)38)21-13-7-18(32)8-14-21)41-29-26(23)42-30(40)35(29)15-22(37)33-19-9-5-17(31)6-10-19/h3-14,23-25H,15H2,1-2H3,(H,33,37). The Morgan fingerprint density at radius 2 is 1.50 bits per heavy atom. The number of aromatic nitrogens is 1. The highest BCUT2D eigenvalue weighted by molar-refractivity contribution is 8.00. The average molecular weight is 607 g/mol. The molecule has 1 aromatic heterocycles. The number of imide groups is 1. The number of hydrogen-bond donors (Lipinski definition) is 1. The number of halogens is 2. The van der Waals surface area contributed by atoms with Gasteiger partial charge in [-0.05, 0) is 66.2 Å². The smallest absolute Gasteiger partial charge is 0.308 e. The number of anilines is 3. The highest BCUT2D eigenvalue weighted by Crippen LogP contribution is 2.54. The molecule has 1 fully saturated rings. The summed E-state index contributed by atoms with van der Waals surface area (Å²) in [4.78, 5) is 57.1. The molecule has 0 aliphatic carbocycles. The number of hydrogen-bond acceptors (Lipinski definition) is 7. The third-order valence-corrected chi connectivity index (χ3v) is 9.94. The summed E-state index contributed by atoms with van der Waals surface area (Å²) in [5.74, 6) is -3.78. The SMILES string of the molecule is CN(C)c1ccc(C2c3sc(=O)n(CC(=O)Nc4ccc(F)cc4)c3SC3C(=O)N(c4ccc(F)cc4)C(=O)C32)cc1. The molecule has 3 aromatic carbocycles. The van der Waals surface area contributed by atoms with Crippen LogP contribution >= 0.6 is 23.1 Å². The van der Waals surface area contributed by atoms with Crippen LogP contribution in [0, 0.1) is 17.6 Å². The number of carbonyl (C=O) groups is 3. The van der Waals surface area contributed by atoms with Gasteiger partial charge in [0.2, 0.25) is 17.7 Å². The summed E-state index contributed by atoms with van der Waals surface area (Å²) in [5.41, 5.74) is 2.33. The maximum atomic E-state index is 13.9. The predicted molar refractivity (Wildman–Crippen MR) is 158 cm³/mol. The normalized spacial score (nSPS) is 19.4. The fourth-order valence-electron chi connectivity index (χ4n) is 5.32. The van der Waals surface area contributed by atoms with E-state index >= 15 is 0 Å². The lowest BCUT2D eigenvalue weighted by Gasteiger charge is -2.31. The molecule has 3 unspecified atom stereocenters. The van der Waals surface area contributed by atoms with Gasteiger partial charge in [0, 0.05) is 36.3 Å². The maximum Gasteiger partial charge on any atom is 0.308 e. The van der Waals surface area contributed by atoms with E-state index in [1.165, 1.54) is 53.1 Å². The van der Waals surface area contributed by atoms with Crippen LogP contribution in [0.5, 0.6) is 0 Å². The van der Waals surface area contributed by atoms with Crippen molar-refractivity contribution in [3.05, 3.63) is 105 Å². The second kappa shape index (κ2) is 10.8. The Bertz CT molecular complexity index is 1750. The fourth-order valence-corrected chi connectivity index (χ4v) is 8.09. The van der Waals surface area contributed by atoms with Crippen LogP contribution in [0.1, 0.15) is 16.4 Å². The summed E-state index contributed by atoms with van der Waals surface area (Å²) < 4.78 is 28.3. The van der Waals surface area contributed by atoms with Crippen molar-refractivity contribution in [2.24, 2.45) is 5.92 Å². The Kier molecular flexibility index (Phi) is 7.19. The van der Waals surface area contributed by atoms with Gasteiger partial charge in [-0.1, -0.05) is 35.2 Å². The zero-order chi connectivity index (χ0) is 29.7. The maximum absolute atomic E-state index is 13.9. The van der Waals surface area contributed by atoms with Crippen LogP contribution < -0.4 is 20.0 Å². The summed E-state index contributed by atoms with van der Waals surface area (Å²) in [5, 5.41) is 2.24. The van der Waals surface area contributed by atoms with E-state index in [0.29, 0.717) is 15.6 Å². The molecular weight excluding hydrogens is 582 g/mol. The van der Waals surface area contributed by atoms with Gasteiger partial charge in [-0.2, -0.15) is 0 Å². The minimum Gasteiger partial charge on any atom is -0.378 e. The molecule has 1 N–H and O–H groups in total. The highest BCUT2D eigenvalue weighted by atomic mass is 32.2. The molecule has 4 aromatic rings. The molecule has 0 saturated carbocycles. The quantitative estimate of drug-likeness (QED) is 0.321. The van der Waals surface area contributed by atoms with Gasteiger partial charge in [-0.25, -0.2) is 13.7 Å². The first-order valence-electron chi connectivity index (χ1n) is 13.0. The largest absolute Gasteiger partial charge is 0.378 e. The van der Waals surface area contributed by atoms with E-state index in [1.54, 1.807) is 0 Å². The molecule has 3 heterocycles. The Labute approximate surface area is 247 Å². The predicted octanol–water partition coefficient (Wildman–Crippen LogP) is 4.69. The number of rotatable bonds is 6. The number of benzene rings is 3. The van der Waals surface area contributed by atoms with Gasteiger partial charge in [0.05, 0.1) is 16.6 Å². The lowest BCUT2D eigenvalue weighted by molar-refractivity contribution is -0.122. The van der Waals surface area contributed by atoms with E-state index in [4.69, 9.17) is 0 Å². The second-order valence-electron chi connectivity index (χ2n) is 10.2. The van der Waals surface area contributed by atoms with Crippen LogP contribution in [0.3, 0.4) is 0 Å². The lowest BCUT2D eigenvalue weighted by Crippen LogP contribution is -2.33. The number of thiazole rings is 1. The second-order valence-corrected chi connectivity index (χ2v) is 12.3. The van der Waals surface area contributed by atoms with Crippen molar-refractivity contribution in [1.82, 2.24) is 4.57 Å². The fraction of sp³-hybridized carbons (Fsp3) is 0.200. The topological polar surface area (TPSA) is 91.7 Å². The van der Waals surface area contributed by atoms with Gasteiger partial charge in [0.15, 0.2) is 0 Å². The first-order chi connectivity index (χ1) is 20.1. The van der Waals surface area contributed by atoms with Crippen LogP contribution in [0.2, 0.25) is 0 Å². The van der Waals surface area contributed by atoms with Crippen molar-refractivity contribution in [2.45, 2.75) is 22.7 Å². The molecule has 6 rings (SSSR count). The molecule has 8 nitrogen and oxygen atoms in total. The summed E-state index contributed by atoms with van der Waals surface area (Å²) in [6.07, 6.45) is 0. The molecule has 42 heavy (non-hydrogen) atoms. The van der Waals surface area contributed by atoms with E-state index < -0.39 is 51.3 Å². The molecule has 214 valence electrons. The third-order valence-electron chi connectivity index (χ3n) is 7.33. The molecule has 3 amide bonds. The zero-order valence-corrected chi connectivity index (χ0v) is 24.0.